The molecule has 1 aliphatic heterocycles. The van der Waals surface area contributed by atoms with Crippen molar-refractivity contribution in [1.29, 1.82) is 0 Å². The van der Waals surface area contributed by atoms with Gasteiger partial charge in [0, 0.05) is 18.3 Å². The van der Waals surface area contributed by atoms with Gasteiger partial charge in [-0.2, -0.15) is 11.8 Å². The second-order valence-electron chi connectivity index (χ2n) is 5.64. The molecule has 0 bridgehead atoms. The molecule has 0 amide bonds. The zero-order chi connectivity index (χ0) is 12.2. The number of rotatable bonds is 5. The first kappa shape index (κ1) is 12.6. The van der Waals surface area contributed by atoms with E-state index in [0.29, 0.717) is 0 Å². The van der Waals surface area contributed by atoms with E-state index in [1.54, 1.807) is 5.56 Å². The Morgan fingerprint density at radius 2 is 1.89 bits per heavy atom. The molecule has 1 heterocycles. The van der Waals surface area contributed by atoms with E-state index in [2.05, 4.69) is 41.3 Å². The predicted molar refractivity (Wildman–Crippen MR) is 80.2 cm³/mol. The minimum absolute atomic E-state index is 0.851. The molecule has 1 saturated heterocycles. The van der Waals surface area contributed by atoms with Gasteiger partial charge in [-0.3, -0.25) is 0 Å². The molecule has 0 radical (unpaired) electrons. The first-order chi connectivity index (χ1) is 8.92. The maximum atomic E-state index is 3.61. The average molecular weight is 261 g/mol. The van der Waals surface area contributed by atoms with Crippen LogP contribution in [0.1, 0.15) is 49.1 Å². The Morgan fingerprint density at radius 3 is 2.56 bits per heavy atom. The van der Waals surface area contributed by atoms with E-state index in [4.69, 9.17) is 0 Å². The lowest BCUT2D eigenvalue weighted by Crippen LogP contribution is -2.26. The summed E-state index contributed by atoms with van der Waals surface area (Å²) >= 11 is 2.15. The van der Waals surface area contributed by atoms with Gasteiger partial charge in [-0.25, -0.2) is 0 Å². The van der Waals surface area contributed by atoms with Crippen LogP contribution in [0.5, 0.6) is 0 Å². The van der Waals surface area contributed by atoms with Crippen LogP contribution in [-0.2, 0) is 6.54 Å². The molecular formula is C16H23NS. The van der Waals surface area contributed by atoms with Gasteiger partial charge in [-0.05, 0) is 48.5 Å². The van der Waals surface area contributed by atoms with Crippen molar-refractivity contribution in [3.05, 3.63) is 35.4 Å². The van der Waals surface area contributed by atoms with Gasteiger partial charge >= 0.3 is 0 Å². The molecule has 3 rings (SSSR count). The Hall–Kier alpha value is -0.470. The summed E-state index contributed by atoms with van der Waals surface area (Å²) in [6, 6.07) is 9.25. The fourth-order valence-electron chi connectivity index (χ4n) is 2.67. The molecule has 2 fully saturated rings. The molecule has 1 nitrogen and oxygen atoms in total. The van der Waals surface area contributed by atoms with Crippen LogP contribution in [0.25, 0.3) is 0 Å². The molecule has 1 N–H and O–H groups in total. The van der Waals surface area contributed by atoms with Crippen LogP contribution in [0.2, 0.25) is 0 Å². The summed E-state index contributed by atoms with van der Waals surface area (Å²) in [7, 11) is 0. The van der Waals surface area contributed by atoms with Crippen LogP contribution in [0.3, 0.4) is 0 Å². The van der Waals surface area contributed by atoms with Crippen molar-refractivity contribution in [2.45, 2.75) is 49.8 Å². The molecule has 1 aliphatic carbocycles. The Labute approximate surface area is 115 Å². The topological polar surface area (TPSA) is 12.0 Å². The van der Waals surface area contributed by atoms with Crippen LogP contribution < -0.4 is 5.32 Å². The van der Waals surface area contributed by atoms with Crippen LogP contribution in [0, 0.1) is 0 Å². The summed E-state index contributed by atoms with van der Waals surface area (Å²) in [6.07, 6.45) is 7.05. The lowest BCUT2D eigenvalue weighted by atomic mass is 10.1. The fourth-order valence-corrected chi connectivity index (χ4v) is 3.94. The molecule has 0 spiro atoms. The minimum atomic E-state index is 0.851. The molecule has 1 unspecified atom stereocenters. The highest BCUT2D eigenvalue weighted by Gasteiger charge is 2.22. The molecule has 1 aromatic rings. The van der Waals surface area contributed by atoms with Crippen LogP contribution >= 0.6 is 11.8 Å². The quantitative estimate of drug-likeness (QED) is 0.861. The van der Waals surface area contributed by atoms with Gasteiger partial charge < -0.3 is 5.32 Å². The number of benzene rings is 1. The number of nitrogens with one attached hydrogen (secondary N) is 1. The third-order valence-corrected chi connectivity index (χ3v) is 5.40. The number of hydrogen-bond donors (Lipinski definition) is 1. The molecule has 1 atom stereocenters. The van der Waals surface area contributed by atoms with Gasteiger partial charge in [0.2, 0.25) is 0 Å². The summed E-state index contributed by atoms with van der Waals surface area (Å²) < 4.78 is 0. The smallest absolute Gasteiger partial charge is 0.0205 e. The molecule has 1 saturated carbocycles. The largest absolute Gasteiger partial charge is 0.312 e. The molecular weight excluding hydrogens is 238 g/mol. The lowest BCUT2D eigenvalue weighted by molar-refractivity contribution is 0.598. The predicted octanol–water partition coefficient (Wildman–Crippen LogP) is 3.94. The SMILES string of the molecule is c1cc(C2CC2)ccc1CNCC1CCCCS1. The van der Waals surface area contributed by atoms with E-state index < -0.39 is 0 Å². The third kappa shape index (κ3) is 3.52. The van der Waals surface area contributed by atoms with Gasteiger partial charge in [0.15, 0.2) is 0 Å². The highest BCUT2D eigenvalue weighted by atomic mass is 32.2. The second-order valence-corrected chi connectivity index (χ2v) is 7.04. The Bertz CT molecular complexity index is 363. The number of thioether (sulfide) groups is 1. The molecule has 0 aromatic heterocycles. The van der Waals surface area contributed by atoms with Crippen LogP contribution in [0.4, 0.5) is 0 Å². The second kappa shape index (κ2) is 6.12. The molecule has 98 valence electrons. The number of hydrogen-bond acceptors (Lipinski definition) is 2. The summed E-state index contributed by atoms with van der Waals surface area (Å²) in [5.74, 6) is 2.24. The average Bonchev–Trinajstić information content (AvgIpc) is 3.25. The molecule has 1 aromatic carbocycles. The van der Waals surface area contributed by atoms with Crippen molar-refractivity contribution in [3.8, 4) is 0 Å². The molecule has 2 heteroatoms. The minimum Gasteiger partial charge on any atom is -0.312 e. The monoisotopic (exact) mass is 261 g/mol. The highest BCUT2D eigenvalue weighted by Crippen LogP contribution is 2.39. The van der Waals surface area contributed by atoms with E-state index in [1.807, 2.05) is 0 Å². The summed E-state index contributed by atoms with van der Waals surface area (Å²) in [5, 5.41) is 4.47. The van der Waals surface area contributed by atoms with Crippen molar-refractivity contribution >= 4 is 11.8 Å². The van der Waals surface area contributed by atoms with Gasteiger partial charge in [-0.1, -0.05) is 30.7 Å². The van der Waals surface area contributed by atoms with Crippen molar-refractivity contribution in [1.82, 2.24) is 5.32 Å². The van der Waals surface area contributed by atoms with Gasteiger partial charge in [0.05, 0.1) is 0 Å². The fraction of sp³-hybridized carbons (Fsp3) is 0.625. The van der Waals surface area contributed by atoms with Crippen molar-refractivity contribution in [3.63, 3.8) is 0 Å². The van der Waals surface area contributed by atoms with Gasteiger partial charge in [0.1, 0.15) is 0 Å². The van der Waals surface area contributed by atoms with Crippen LogP contribution in [-0.4, -0.2) is 17.5 Å². The Morgan fingerprint density at radius 1 is 1.06 bits per heavy atom. The first-order valence-corrected chi connectivity index (χ1v) is 8.38. The Kier molecular flexibility index (Phi) is 4.27. The van der Waals surface area contributed by atoms with E-state index >= 15 is 0 Å². The summed E-state index contributed by atoms with van der Waals surface area (Å²) in [6.45, 7) is 2.21. The van der Waals surface area contributed by atoms with Crippen molar-refractivity contribution < 1.29 is 0 Å². The van der Waals surface area contributed by atoms with Crippen molar-refractivity contribution in [2.24, 2.45) is 0 Å². The maximum Gasteiger partial charge on any atom is 0.0205 e. The van der Waals surface area contributed by atoms with E-state index in [0.717, 1.165) is 17.7 Å². The maximum absolute atomic E-state index is 3.61. The van der Waals surface area contributed by atoms with Gasteiger partial charge in [0.25, 0.3) is 0 Å². The standard InChI is InChI=1S/C16H23NS/c1-2-10-18-16(3-1)12-17-11-13-4-6-14(7-5-13)15-8-9-15/h4-7,15-17H,1-3,8-12H2. The van der Waals surface area contributed by atoms with E-state index in [-0.39, 0.29) is 0 Å². The third-order valence-electron chi connectivity index (χ3n) is 4.00. The first-order valence-electron chi connectivity index (χ1n) is 7.33. The van der Waals surface area contributed by atoms with Gasteiger partial charge in [-0.15, -0.1) is 0 Å². The zero-order valence-corrected chi connectivity index (χ0v) is 11.8. The van der Waals surface area contributed by atoms with Crippen molar-refractivity contribution in [2.75, 3.05) is 12.3 Å². The summed E-state index contributed by atoms with van der Waals surface area (Å²) in [5.41, 5.74) is 2.97. The molecule has 18 heavy (non-hydrogen) atoms. The lowest BCUT2D eigenvalue weighted by Gasteiger charge is -2.21. The normalized spacial score (nSPS) is 24.1. The summed E-state index contributed by atoms with van der Waals surface area (Å²) in [4.78, 5) is 0. The van der Waals surface area contributed by atoms with E-state index in [9.17, 15) is 0 Å². The van der Waals surface area contributed by atoms with Crippen LogP contribution in [0.15, 0.2) is 24.3 Å². The highest BCUT2D eigenvalue weighted by molar-refractivity contribution is 7.99. The molecule has 2 aliphatic rings. The zero-order valence-electron chi connectivity index (χ0n) is 11.0. The van der Waals surface area contributed by atoms with E-state index in [1.165, 1.54) is 50.0 Å². The Balaban J connectivity index is 1.41.